The van der Waals surface area contributed by atoms with Gasteiger partial charge in [0.1, 0.15) is 11.6 Å². The Hall–Kier alpha value is -3.74. The smallest absolute Gasteiger partial charge is 0.239 e. The second-order valence-corrected chi connectivity index (χ2v) is 10.9. The summed E-state index contributed by atoms with van der Waals surface area (Å²) >= 11 is 0. The number of halogens is 2. The van der Waals surface area contributed by atoms with Crippen molar-refractivity contribution in [3.8, 4) is 0 Å². The standard InChI is InChI=1S/C33H39F2N3O2/c1-23-17-24(2)19-30(18-23)36-21-32(39)37-20-25-15-16-38(22-25)33(40)6-4-3-5-31(26-7-11-28(34)12-8-26)27-9-13-29(35)14-10-27/h7-14,17-19,25,31,36H,3-6,15-16,20-22H2,1-2H3,(H,37,39). The molecule has 1 saturated heterocycles. The molecular formula is C33H39F2N3O2. The van der Waals surface area contributed by atoms with E-state index in [-0.39, 0.29) is 41.8 Å². The van der Waals surface area contributed by atoms with Crippen molar-refractivity contribution in [3.63, 3.8) is 0 Å². The molecule has 212 valence electrons. The highest BCUT2D eigenvalue weighted by Crippen LogP contribution is 2.30. The fourth-order valence-corrected chi connectivity index (χ4v) is 5.50. The van der Waals surface area contributed by atoms with Crippen LogP contribution < -0.4 is 10.6 Å². The molecular weight excluding hydrogens is 508 g/mol. The highest BCUT2D eigenvalue weighted by molar-refractivity contribution is 5.80. The van der Waals surface area contributed by atoms with Crippen LogP contribution in [-0.4, -0.2) is 42.9 Å². The predicted molar refractivity (Wildman–Crippen MR) is 155 cm³/mol. The zero-order chi connectivity index (χ0) is 28.5. The fourth-order valence-electron chi connectivity index (χ4n) is 5.50. The Morgan fingerprint density at radius 1 is 0.900 bits per heavy atom. The van der Waals surface area contributed by atoms with E-state index in [4.69, 9.17) is 0 Å². The number of nitrogens with one attached hydrogen (secondary N) is 2. The number of carbonyl (C=O) groups excluding carboxylic acids is 2. The molecule has 40 heavy (non-hydrogen) atoms. The number of aryl methyl sites for hydroxylation is 2. The van der Waals surface area contributed by atoms with Crippen molar-refractivity contribution in [2.75, 3.05) is 31.5 Å². The summed E-state index contributed by atoms with van der Waals surface area (Å²) in [6.07, 6.45) is 3.72. The Bertz CT molecular complexity index is 1210. The number of rotatable bonds is 12. The van der Waals surface area contributed by atoms with Crippen LogP contribution in [0.5, 0.6) is 0 Å². The van der Waals surface area contributed by atoms with Gasteiger partial charge in [-0.2, -0.15) is 0 Å². The highest BCUT2D eigenvalue weighted by Gasteiger charge is 2.26. The second kappa shape index (κ2) is 14.1. The molecule has 0 aromatic heterocycles. The summed E-state index contributed by atoms with van der Waals surface area (Å²) in [6.45, 7) is 6.23. The van der Waals surface area contributed by atoms with Crippen molar-refractivity contribution in [1.82, 2.24) is 10.2 Å². The normalized spacial score (nSPS) is 14.9. The van der Waals surface area contributed by atoms with E-state index in [2.05, 4.69) is 16.7 Å². The van der Waals surface area contributed by atoms with Crippen LogP contribution in [0, 0.1) is 31.4 Å². The van der Waals surface area contributed by atoms with E-state index in [0.717, 1.165) is 53.6 Å². The number of likely N-dealkylation sites (tertiary alicyclic amines) is 1. The molecule has 1 fully saturated rings. The molecule has 3 aromatic rings. The number of hydrogen-bond acceptors (Lipinski definition) is 3. The van der Waals surface area contributed by atoms with E-state index in [0.29, 0.717) is 26.1 Å². The zero-order valence-electron chi connectivity index (χ0n) is 23.4. The first-order valence-electron chi connectivity index (χ1n) is 14.1. The van der Waals surface area contributed by atoms with E-state index < -0.39 is 0 Å². The van der Waals surface area contributed by atoms with Gasteiger partial charge in [0.15, 0.2) is 0 Å². The van der Waals surface area contributed by atoms with Gasteiger partial charge in [-0.15, -0.1) is 0 Å². The predicted octanol–water partition coefficient (Wildman–Crippen LogP) is 6.35. The largest absolute Gasteiger partial charge is 0.376 e. The summed E-state index contributed by atoms with van der Waals surface area (Å²) in [7, 11) is 0. The maximum atomic E-state index is 13.5. The third-order valence-electron chi connectivity index (χ3n) is 7.58. The molecule has 1 aliphatic heterocycles. The molecule has 5 nitrogen and oxygen atoms in total. The molecule has 7 heteroatoms. The minimum absolute atomic E-state index is 0.0144. The molecule has 1 unspecified atom stereocenters. The van der Waals surface area contributed by atoms with Crippen LogP contribution in [0.15, 0.2) is 66.7 Å². The lowest BCUT2D eigenvalue weighted by atomic mass is 9.87. The van der Waals surface area contributed by atoms with Crippen molar-refractivity contribution < 1.29 is 18.4 Å². The van der Waals surface area contributed by atoms with Crippen LogP contribution in [0.4, 0.5) is 14.5 Å². The van der Waals surface area contributed by atoms with Gasteiger partial charge in [0.2, 0.25) is 11.8 Å². The molecule has 0 saturated carbocycles. The lowest BCUT2D eigenvalue weighted by Crippen LogP contribution is -2.35. The molecule has 0 spiro atoms. The van der Waals surface area contributed by atoms with E-state index in [1.54, 1.807) is 24.3 Å². The average Bonchev–Trinajstić information content (AvgIpc) is 3.41. The molecule has 0 radical (unpaired) electrons. The van der Waals surface area contributed by atoms with Crippen molar-refractivity contribution in [2.45, 2.75) is 51.9 Å². The summed E-state index contributed by atoms with van der Waals surface area (Å²) in [5.74, 6) is -0.212. The fraction of sp³-hybridized carbons (Fsp3) is 0.394. The van der Waals surface area contributed by atoms with Crippen LogP contribution in [0.25, 0.3) is 0 Å². The Balaban J connectivity index is 1.17. The first kappa shape index (κ1) is 29.2. The van der Waals surface area contributed by atoms with Crippen LogP contribution in [-0.2, 0) is 9.59 Å². The molecule has 0 bridgehead atoms. The molecule has 1 aliphatic rings. The molecule has 3 aromatic carbocycles. The van der Waals surface area contributed by atoms with Crippen LogP contribution in [0.1, 0.15) is 60.3 Å². The molecule has 0 aliphatic carbocycles. The third-order valence-corrected chi connectivity index (χ3v) is 7.58. The molecule has 2 N–H and O–H groups in total. The van der Waals surface area contributed by atoms with Crippen molar-refractivity contribution in [3.05, 3.63) is 101 Å². The summed E-state index contributed by atoms with van der Waals surface area (Å²) in [5, 5.41) is 6.18. The SMILES string of the molecule is Cc1cc(C)cc(NCC(=O)NCC2CCN(C(=O)CCCCC(c3ccc(F)cc3)c3ccc(F)cc3)C2)c1. The summed E-state index contributed by atoms with van der Waals surface area (Å²) in [6, 6.07) is 19.0. The number of nitrogens with zero attached hydrogens (tertiary/aromatic N) is 1. The number of amides is 2. The third kappa shape index (κ3) is 8.63. The van der Waals surface area contributed by atoms with Crippen molar-refractivity contribution in [2.24, 2.45) is 5.92 Å². The lowest BCUT2D eigenvalue weighted by Gasteiger charge is -2.19. The monoisotopic (exact) mass is 547 g/mol. The van der Waals surface area contributed by atoms with Crippen LogP contribution >= 0.6 is 0 Å². The van der Waals surface area contributed by atoms with Gasteiger partial charge in [-0.3, -0.25) is 9.59 Å². The van der Waals surface area contributed by atoms with E-state index in [9.17, 15) is 18.4 Å². The summed E-state index contributed by atoms with van der Waals surface area (Å²) in [4.78, 5) is 27.1. The Morgan fingerprint density at radius 3 is 2.10 bits per heavy atom. The Kier molecular flexibility index (Phi) is 10.3. The van der Waals surface area contributed by atoms with E-state index >= 15 is 0 Å². The second-order valence-electron chi connectivity index (χ2n) is 10.9. The van der Waals surface area contributed by atoms with Gasteiger partial charge in [-0.05, 0) is 97.7 Å². The van der Waals surface area contributed by atoms with Gasteiger partial charge >= 0.3 is 0 Å². The highest BCUT2D eigenvalue weighted by atomic mass is 19.1. The average molecular weight is 548 g/mol. The maximum Gasteiger partial charge on any atom is 0.239 e. The minimum atomic E-state index is -0.287. The maximum absolute atomic E-state index is 13.5. The number of unbranched alkanes of at least 4 members (excludes halogenated alkanes) is 1. The topological polar surface area (TPSA) is 61.4 Å². The van der Waals surface area contributed by atoms with Gasteiger partial charge in [-0.25, -0.2) is 8.78 Å². The van der Waals surface area contributed by atoms with E-state index in [1.165, 1.54) is 24.3 Å². The van der Waals surface area contributed by atoms with E-state index in [1.807, 2.05) is 30.9 Å². The lowest BCUT2D eigenvalue weighted by molar-refractivity contribution is -0.130. The Morgan fingerprint density at radius 2 is 1.50 bits per heavy atom. The van der Waals surface area contributed by atoms with Gasteiger partial charge in [0, 0.05) is 37.7 Å². The molecule has 2 amide bonds. The van der Waals surface area contributed by atoms with Gasteiger partial charge in [0.05, 0.1) is 6.54 Å². The molecule has 1 heterocycles. The number of anilines is 1. The molecule has 4 rings (SSSR count). The van der Waals surface area contributed by atoms with Gasteiger partial charge in [0.25, 0.3) is 0 Å². The van der Waals surface area contributed by atoms with Crippen LogP contribution in [0.3, 0.4) is 0 Å². The number of benzene rings is 3. The van der Waals surface area contributed by atoms with Crippen LogP contribution in [0.2, 0.25) is 0 Å². The van der Waals surface area contributed by atoms with Crippen molar-refractivity contribution in [1.29, 1.82) is 0 Å². The first-order valence-corrected chi connectivity index (χ1v) is 14.1. The van der Waals surface area contributed by atoms with Gasteiger partial charge in [-0.1, -0.05) is 36.8 Å². The summed E-state index contributed by atoms with van der Waals surface area (Å²) in [5.41, 5.74) is 5.20. The first-order chi connectivity index (χ1) is 19.3. The minimum Gasteiger partial charge on any atom is -0.376 e. The number of carbonyl (C=O) groups is 2. The van der Waals surface area contributed by atoms with Gasteiger partial charge < -0.3 is 15.5 Å². The van der Waals surface area contributed by atoms with Crippen molar-refractivity contribution >= 4 is 17.5 Å². The summed E-state index contributed by atoms with van der Waals surface area (Å²) < 4.78 is 26.9. The molecule has 1 atom stereocenters. The Labute approximate surface area is 236 Å². The number of hydrogen-bond donors (Lipinski definition) is 2. The quantitative estimate of drug-likeness (QED) is 0.260. The zero-order valence-corrected chi connectivity index (χ0v) is 23.4.